The summed E-state index contributed by atoms with van der Waals surface area (Å²) in [5.41, 5.74) is 4.77. The number of morpholine rings is 1. The Morgan fingerprint density at radius 3 is 2.93 bits per heavy atom. The second kappa shape index (κ2) is 5.80. The standard InChI is InChI=1S/C11H24N2O2/c1-10-8-15-7-6-13(10)5-3-4-11(2,14)9-12/h10,14H,3-9,12H2,1-2H3. The summed E-state index contributed by atoms with van der Waals surface area (Å²) in [4.78, 5) is 2.41. The van der Waals surface area contributed by atoms with Crippen molar-refractivity contribution in [2.75, 3.05) is 32.8 Å². The van der Waals surface area contributed by atoms with Gasteiger partial charge in [-0.15, -0.1) is 0 Å². The van der Waals surface area contributed by atoms with Gasteiger partial charge in [-0.2, -0.15) is 0 Å². The third-order valence-electron chi connectivity index (χ3n) is 3.11. The fourth-order valence-corrected chi connectivity index (χ4v) is 1.86. The van der Waals surface area contributed by atoms with Crippen LogP contribution in [0, 0.1) is 0 Å². The molecule has 0 spiro atoms. The minimum Gasteiger partial charge on any atom is -0.389 e. The number of rotatable bonds is 5. The average molecular weight is 216 g/mol. The Morgan fingerprint density at radius 2 is 2.33 bits per heavy atom. The van der Waals surface area contributed by atoms with E-state index in [2.05, 4.69) is 11.8 Å². The number of aliphatic hydroxyl groups is 1. The Hall–Kier alpha value is -0.160. The molecule has 4 nitrogen and oxygen atoms in total. The van der Waals surface area contributed by atoms with Gasteiger partial charge < -0.3 is 15.6 Å². The van der Waals surface area contributed by atoms with Crippen LogP contribution in [0.1, 0.15) is 26.7 Å². The van der Waals surface area contributed by atoms with Gasteiger partial charge in [-0.3, -0.25) is 4.90 Å². The normalized spacial score (nSPS) is 27.6. The highest BCUT2D eigenvalue weighted by molar-refractivity contribution is 4.76. The van der Waals surface area contributed by atoms with Crippen molar-refractivity contribution in [2.45, 2.75) is 38.3 Å². The first kappa shape index (κ1) is 12.9. The van der Waals surface area contributed by atoms with E-state index in [1.807, 2.05) is 0 Å². The van der Waals surface area contributed by atoms with Crippen LogP contribution >= 0.6 is 0 Å². The quantitative estimate of drug-likeness (QED) is 0.689. The molecule has 0 amide bonds. The smallest absolute Gasteiger partial charge is 0.0741 e. The summed E-state index contributed by atoms with van der Waals surface area (Å²) < 4.78 is 5.37. The van der Waals surface area contributed by atoms with Crippen molar-refractivity contribution in [3.63, 3.8) is 0 Å². The van der Waals surface area contributed by atoms with Gasteiger partial charge in [0.2, 0.25) is 0 Å². The monoisotopic (exact) mass is 216 g/mol. The van der Waals surface area contributed by atoms with Crippen LogP contribution in [-0.2, 0) is 4.74 Å². The average Bonchev–Trinajstić information content (AvgIpc) is 2.21. The van der Waals surface area contributed by atoms with Gasteiger partial charge in [0.05, 0.1) is 18.8 Å². The zero-order valence-electron chi connectivity index (χ0n) is 9.91. The highest BCUT2D eigenvalue weighted by Crippen LogP contribution is 2.13. The van der Waals surface area contributed by atoms with E-state index >= 15 is 0 Å². The van der Waals surface area contributed by atoms with E-state index in [0.29, 0.717) is 12.6 Å². The van der Waals surface area contributed by atoms with Crippen LogP contribution in [0.25, 0.3) is 0 Å². The van der Waals surface area contributed by atoms with Gasteiger partial charge in [0.1, 0.15) is 0 Å². The molecular weight excluding hydrogens is 192 g/mol. The van der Waals surface area contributed by atoms with Crippen LogP contribution in [0.5, 0.6) is 0 Å². The second-order valence-corrected chi connectivity index (χ2v) is 4.76. The molecule has 1 saturated heterocycles. The molecule has 0 saturated carbocycles. The molecule has 1 heterocycles. The first-order valence-electron chi connectivity index (χ1n) is 5.79. The van der Waals surface area contributed by atoms with E-state index in [0.717, 1.165) is 39.1 Å². The topological polar surface area (TPSA) is 58.7 Å². The Morgan fingerprint density at radius 1 is 1.60 bits per heavy atom. The van der Waals surface area contributed by atoms with Crippen molar-refractivity contribution in [3.05, 3.63) is 0 Å². The van der Waals surface area contributed by atoms with E-state index in [4.69, 9.17) is 10.5 Å². The first-order chi connectivity index (χ1) is 7.05. The van der Waals surface area contributed by atoms with Crippen molar-refractivity contribution < 1.29 is 9.84 Å². The molecule has 90 valence electrons. The van der Waals surface area contributed by atoms with Crippen molar-refractivity contribution in [1.82, 2.24) is 4.90 Å². The van der Waals surface area contributed by atoms with Gasteiger partial charge in [-0.25, -0.2) is 0 Å². The fraction of sp³-hybridized carbons (Fsp3) is 1.00. The lowest BCUT2D eigenvalue weighted by Gasteiger charge is -2.33. The molecular formula is C11H24N2O2. The van der Waals surface area contributed by atoms with Gasteiger partial charge in [0, 0.05) is 19.1 Å². The van der Waals surface area contributed by atoms with Crippen molar-refractivity contribution in [2.24, 2.45) is 5.73 Å². The molecule has 0 aromatic rings. The molecule has 0 aromatic carbocycles. The summed E-state index contributed by atoms with van der Waals surface area (Å²) in [6.45, 7) is 8.01. The third kappa shape index (κ3) is 4.47. The van der Waals surface area contributed by atoms with E-state index in [-0.39, 0.29) is 0 Å². The molecule has 1 fully saturated rings. The Bertz CT molecular complexity index is 185. The highest BCUT2D eigenvalue weighted by Gasteiger charge is 2.21. The molecule has 1 aliphatic rings. The van der Waals surface area contributed by atoms with Crippen LogP contribution in [0.15, 0.2) is 0 Å². The van der Waals surface area contributed by atoms with Gasteiger partial charge in [-0.1, -0.05) is 0 Å². The number of hydrogen-bond donors (Lipinski definition) is 2. The van der Waals surface area contributed by atoms with E-state index in [1.54, 1.807) is 6.92 Å². The van der Waals surface area contributed by atoms with Gasteiger partial charge in [0.15, 0.2) is 0 Å². The molecule has 4 heteroatoms. The summed E-state index contributed by atoms with van der Waals surface area (Å²) in [7, 11) is 0. The van der Waals surface area contributed by atoms with Crippen molar-refractivity contribution in [1.29, 1.82) is 0 Å². The predicted octanol–water partition coefficient (Wildman–Crippen LogP) is 0.197. The fourth-order valence-electron chi connectivity index (χ4n) is 1.86. The first-order valence-corrected chi connectivity index (χ1v) is 5.79. The lowest BCUT2D eigenvalue weighted by Crippen LogP contribution is -2.44. The maximum atomic E-state index is 9.75. The number of nitrogens with two attached hydrogens (primary N) is 1. The molecule has 0 bridgehead atoms. The summed E-state index contributed by atoms with van der Waals surface area (Å²) in [5.74, 6) is 0. The molecule has 1 rings (SSSR count). The highest BCUT2D eigenvalue weighted by atomic mass is 16.5. The second-order valence-electron chi connectivity index (χ2n) is 4.76. The van der Waals surface area contributed by atoms with Gasteiger partial charge in [0.25, 0.3) is 0 Å². The molecule has 0 radical (unpaired) electrons. The molecule has 2 unspecified atom stereocenters. The lowest BCUT2D eigenvalue weighted by atomic mass is 10.0. The van der Waals surface area contributed by atoms with E-state index in [1.165, 1.54) is 0 Å². The molecule has 2 atom stereocenters. The van der Waals surface area contributed by atoms with Crippen LogP contribution in [0.4, 0.5) is 0 Å². The summed E-state index contributed by atoms with van der Waals surface area (Å²) in [6, 6.07) is 0.501. The van der Waals surface area contributed by atoms with Crippen molar-refractivity contribution >= 4 is 0 Å². The Kier molecular flexibility index (Phi) is 4.99. The molecule has 3 N–H and O–H groups in total. The van der Waals surface area contributed by atoms with E-state index in [9.17, 15) is 5.11 Å². The van der Waals surface area contributed by atoms with Crippen LogP contribution in [0.2, 0.25) is 0 Å². The number of hydrogen-bond acceptors (Lipinski definition) is 4. The molecule has 0 aliphatic carbocycles. The van der Waals surface area contributed by atoms with E-state index < -0.39 is 5.60 Å². The van der Waals surface area contributed by atoms with Crippen LogP contribution < -0.4 is 5.73 Å². The largest absolute Gasteiger partial charge is 0.389 e. The molecule has 0 aromatic heterocycles. The minimum atomic E-state index is -0.699. The summed E-state index contributed by atoms with van der Waals surface area (Å²) in [5, 5.41) is 9.75. The third-order valence-corrected chi connectivity index (χ3v) is 3.11. The van der Waals surface area contributed by atoms with Crippen LogP contribution in [0.3, 0.4) is 0 Å². The summed E-state index contributed by atoms with van der Waals surface area (Å²) >= 11 is 0. The molecule has 15 heavy (non-hydrogen) atoms. The zero-order valence-corrected chi connectivity index (χ0v) is 9.91. The predicted molar refractivity (Wildman–Crippen MR) is 60.8 cm³/mol. The Balaban J connectivity index is 2.19. The molecule has 1 aliphatic heterocycles. The summed E-state index contributed by atoms with van der Waals surface area (Å²) in [6.07, 6.45) is 1.77. The van der Waals surface area contributed by atoms with Crippen LogP contribution in [-0.4, -0.2) is 54.5 Å². The van der Waals surface area contributed by atoms with Crippen molar-refractivity contribution in [3.8, 4) is 0 Å². The van der Waals surface area contributed by atoms with Gasteiger partial charge in [-0.05, 0) is 33.2 Å². The lowest BCUT2D eigenvalue weighted by molar-refractivity contribution is -0.00589. The SMILES string of the molecule is CC1COCCN1CCCC(C)(O)CN. The number of ether oxygens (including phenoxy) is 1. The Labute approximate surface area is 92.4 Å². The zero-order chi connectivity index (χ0) is 11.3. The number of nitrogens with zero attached hydrogens (tertiary/aromatic N) is 1. The maximum absolute atomic E-state index is 9.75. The minimum absolute atomic E-state index is 0.339. The maximum Gasteiger partial charge on any atom is 0.0741 e. The van der Waals surface area contributed by atoms with Gasteiger partial charge >= 0.3 is 0 Å².